The molecule has 5 heteroatoms. The highest BCUT2D eigenvalue weighted by molar-refractivity contribution is 5.15. The molecule has 0 amide bonds. The summed E-state index contributed by atoms with van der Waals surface area (Å²) in [6.45, 7) is 4.62. The molecule has 0 aliphatic rings. The van der Waals surface area contributed by atoms with Crippen LogP contribution in [0.3, 0.4) is 0 Å². The van der Waals surface area contributed by atoms with Gasteiger partial charge in [-0.15, -0.1) is 6.58 Å². The molecule has 0 aliphatic heterocycles. The molecule has 0 saturated carbocycles. The summed E-state index contributed by atoms with van der Waals surface area (Å²) in [7, 11) is 0. The topological polar surface area (TPSA) is 68.2 Å². The smallest absolute Gasteiger partial charge is 0.116 e. The first-order chi connectivity index (χ1) is 16.2. The minimum atomic E-state index is -1.03. The quantitative estimate of drug-likeness (QED) is 0.360. The van der Waals surface area contributed by atoms with Crippen molar-refractivity contribution in [3.8, 4) is 0 Å². The van der Waals surface area contributed by atoms with E-state index in [-0.39, 0.29) is 19.8 Å². The van der Waals surface area contributed by atoms with E-state index in [1.165, 1.54) is 6.08 Å². The normalized spacial score (nSPS) is 14.8. The molecular formula is C28H32O5. The highest BCUT2D eigenvalue weighted by Crippen LogP contribution is 2.19. The van der Waals surface area contributed by atoms with Crippen molar-refractivity contribution >= 4 is 0 Å². The summed E-state index contributed by atoms with van der Waals surface area (Å²) >= 11 is 0. The predicted octanol–water partition coefficient (Wildman–Crippen LogP) is 4.28. The molecule has 174 valence electrons. The van der Waals surface area contributed by atoms with E-state index in [2.05, 4.69) is 6.58 Å². The summed E-state index contributed by atoms with van der Waals surface area (Å²) in [6, 6.07) is 29.1. The van der Waals surface area contributed by atoms with Gasteiger partial charge in [0.25, 0.3) is 0 Å². The SMILES string of the molecule is C=C[C@H](O)[C@@H](OCc1ccccc1)[C@H](OCc1ccccc1)[C@H](O)COCc1ccccc1. The second kappa shape index (κ2) is 13.7. The number of benzene rings is 3. The third-order valence-electron chi connectivity index (χ3n) is 5.25. The Balaban J connectivity index is 1.70. The zero-order valence-electron chi connectivity index (χ0n) is 18.7. The van der Waals surface area contributed by atoms with E-state index >= 15 is 0 Å². The van der Waals surface area contributed by atoms with Gasteiger partial charge < -0.3 is 24.4 Å². The van der Waals surface area contributed by atoms with Gasteiger partial charge in [0.15, 0.2) is 0 Å². The fourth-order valence-electron chi connectivity index (χ4n) is 3.45. The van der Waals surface area contributed by atoms with Crippen LogP contribution in [0.2, 0.25) is 0 Å². The third-order valence-corrected chi connectivity index (χ3v) is 5.25. The lowest BCUT2D eigenvalue weighted by atomic mass is 10.0. The summed E-state index contributed by atoms with van der Waals surface area (Å²) in [5, 5.41) is 21.6. The lowest BCUT2D eigenvalue weighted by molar-refractivity contribution is -0.168. The minimum absolute atomic E-state index is 0.0312. The molecule has 4 atom stereocenters. The number of hydrogen-bond donors (Lipinski definition) is 2. The van der Waals surface area contributed by atoms with Gasteiger partial charge in [-0.3, -0.25) is 0 Å². The van der Waals surface area contributed by atoms with E-state index in [9.17, 15) is 10.2 Å². The molecule has 2 N–H and O–H groups in total. The molecule has 0 aromatic heterocycles. The van der Waals surface area contributed by atoms with Gasteiger partial charge >= 0.3 is 0 Å². The fraction of sp³-hybridized carbons (Fsp3) is 0.286. The van der Waals surface area contributed by atoms with E-state index in [1.54, 1.807) is 0 Å². The average Bonchev–Trinajstić information content (AvgIpc) is 2.87. The van der Waals surface area contributed by atoms with Crippen molar-refractivity contribution in [1.82, 2.24) is 0 Å². The number of hydrogen-bond acceptors (Lipinski definition) is 5. The molecule has 3 rings (SSSR count). The van der Waals surface area contributed by atoms with Crippen molar-refractivity contribution in [2.75, 3.05) is 6.61 Å². The lowest BCUT2D eigenvalue weighted by Crippen LogP contribution is -2.48. The van der Waals surface area contributed by atoms with E-state index in [0.29, 0.717) is 6.61 Å². The Morgan fingerprint density at radius 1 is 0.636 bits per heavy atom. The molecule has 5 nitrogen and oxygen atoms in total. The van der Waals surface area contributed by atoms with Crippen molar-refractivity contribution in [2.45, 2.75) is 44.2 Å². The van der Waals surface area contributed by atoms with Gasteiger partial charge in [-0.2, -0.15) is 0 Å². The van der Waals surface area contributed by atoms with Crippen molar-refractivity contribution in [3.63, 3.8) is 0 Å². The first-order valence-corrected chi connectivity index (χ1v) is 11.1. The van der Waals surface area contributed by atoms with Gasteiger partial charge in [0.05, 0.1) is 26.4 Å². The molecule has 0 bridgehead atoms. The van der Waals surface area contributed by atoms with Crippen LogP contribution in [-0.4, -0.2) is 41.2 Å². The molecule has 0 fully saturated rings. The van der Waals surface area contributed by atoms with Crippen molar-refractivity contribution in [2.24, 2.45) is 0 Å². The summed E-state index contributed by atoms with van der Waals surface area (Å²) < 4.78 is 17.9. The zero-order valence-corrected chi connectivity index (χ0v) is 18.7. The third kappa shape index (κ3) is 8.24. The van der Waals surface area contributed by atoms with Gasteiger partial charge in [-0.1, -0.05) is 97.1 Å². The molecule has 0 radical (unpaired) electrons. The van der Waals surface area contributed by atoms with Crippen LogP contribution in [0.1, 0.15) is 16.7 Å². The van der Waals surface area contributed by atoms with E-state index in [4.69, 9.17) is 14.2 Å². The maximum Gasteiger partial charge on any atom is 0.116 e. The Bertz CT molecular complexity index is 917. The monoisotopic (exact) mass is 448 g/mol. The molecular weight excluding hydrogens is 416 g/mol. The lowest BCUT2D eigenvalue weighted by Gasteiger charge is -2.33. The Morgan fingerprint density at radius 3 is 1.52 bits per heavy atom. The Hall–Kier alpha value is -2.80. The molecule has 0 saturated heterocycles. The minimum Gasteiger partial charge on any atom is -0.388 e. The maximum atomic E-state index is 11.0. The summed E-state index contributed by atoms with van der Waals surface area (Å²) in [5.74, 6) is 0. The Labute approximate surface area is 195 Å². The van der Waals surface area contributed by atoms with Crippen molar-refractivity contribution in [3.05, 3.63) is 120 Å². The summed E-state index contributed by atoms with van der Waals surface area (Å²) in [6.07, 6.45) is -2.32. The second-order valence-electron chi connectivity index (χ2n) is 7.82. The van der Waals surface area contributed by atoms with Crippen LogP contribution >= 0.6 is 0 Å². The molecule has 0 aliphatic carbocycles. The molecule has 33 heavy (non-hydrogen) atoms. The first-order valence-electron chi connectivity index (χ1n) is 11.1. The van der Waals surface area contributed by atoms with Gasteiger partial charge in [-0.25, -0.2) is 0 Å². The summed E-state index contributed by atoms with van der Waals surface area (Å²) in [5.41, 5.74) is 2.92. The second-order valence-corrected chi connectivity index (χ2v) is 7.82. The fourth-order valence-corrected chi connectivity index (χ4v) is 3.45. The molecule has 3 aromatic carbocycles. The number of aliphatic hydroxyl groups is 2. The van der Waals surface area contributed by atoms with Crippen LogP contribution < -0.4 is 0 Å². The number of rotatable bonds is 14. The van der Waals surface area contributed by atoms with Crippen LogP contribution in [-0.2, 0) is 34.0 Å². The van der Waals surface area contributed by atoms with E-state index in [1.807, 2.05) is 91.0 Å². The highest BCUT2D eigenvalue weighted by atomic mass is 16.6. The van der Waals surface area contributed by atoms with Gasteiger partial charge in [0.2, 0.25) is 0 Å². The van der Waals surface area contributed by atoms with Crippen LogP contribution in [0.25, 0.3) is 0 Å². The Kier molecular flexibility index (Phi) is 10.3. The standard InChI is InChI=1S/C28H32O5/c1-2-25(29)27(32-19-23-14-8-4-9-15-23)28(33-20-24-16-10-5-11-17-24)26(30)21-31-18-22-12-6-3-7-13-22/h2-17,25-30H,1,18-21H2/t25-,26+,27+,28+/m0/s1. The van der Waals surface area contributed by atoms with E-state index in [0.717, 1.165) is 16.7 Å². The molecule has 3 aromatic rings. The van der Waals surface area contributed by atoms with Crippen LogP contribution in [0, 0.1) is 0 Å². The number of aliphatic hydroxyl groups excluding tert-OH is 2. The summed E-state index contributed by atoms with van der Waals surface area (Å²) in [4.78, 5) is 0. The van der Waals surface area contributed by atoms with Crippen molar-refractivity contribution < 1.29 is 24.4 Å². The molecule has 0 heterocycles. The highest BCUT2D eigenvalue weighted by Gasteiger charge is 2.34. The van der Waals surface area contributed by atoms with E-state index < -0.39 is 24.4 Å². The van der Waals surface area contributed by atoms with Crippen LogP contribution in [0.4, 0.5) is 0 Å². The number of ether oxygens (including phenoxy) is 3. The average molecular weight is 449 g/mol. The van der Waals surface area contributed by atoms with Crippen LogP contribution in [0.5, 0.6) is 0 Å². The molecule has 0 spiro atoms. The van der Waals surface area contributed by atoms with Gasteiger partial charge in [0.1, 0.15) is 24.4 Å². The largest absolute Gasteiger partial charge is 0.388 e. The van der Waals surface area contributed by atoms with Crippen molar-refractivity contribution in [1.29, 1.82) is 0 Å². The predicted molar refractivity (Wildman–Crippen MR) is 128 cm³/mol. The van der Waals surface area contributed by atoms with Crippen LogP contribution in [0.15, 0.2) is 104 Å². The molecule has 0 unspecified atom stereocenters. The van der Waals surface area contributed by atoms with Gasteiger partial charge in [-0.05, 0) is 16.7 Å². The first kappa shape index (κ1) is 24.8. The Morgan fingerprint density at radius 2 is 1.06 bits per heavy atom. The maximum absolute atomic E-state index is 11.0. The van der Waals surface area contributed by atoms with Gasteiger partial charge in [0, 0.05) is 0 Å². The zero-order chi connectivity index (χ0) is 23.3.